The highest BCUT2D eigenvalue weighted by molar-refractivity contribution is 6.26. The normalized spacial score (nSPS) is 13.4. The molecule has 226 valence electrons. The second-order valence-electron chi connectivity index (χ2n) is 13.2. The van der Waals surface area contributed by atoms with Crippen LogP contribution in [0.15, 0.2) is 144 Å². The van der Waals surface area contributed by atoms with Gasteiger partial charge in [0.25, 0.3) is 0 Å². The van der Waals surface area contributed by atoms with Gasteiger partial charge in [-0.15, -0.1) is 0 Å². The van der Waals surface area contributed by atoms with Crippen LogP contribution >= 0.6 is 0 Å². The van der Waals surface area contributed by atoms with E-state index in [-0.39, 0.29) is 5.41 Å². The first-order valence-electron chi connectivity index (χ1n) is 16.4. The van der Waals surface area contributed by atoms with E-state index in [4.69, 9.17) is 19.4 Å². The molecule has 9 aromatic rings. The van der Waals surface area contributed by atoms with Gasteiger partial charge in [0.05, 0.1) is 0 Å². The Balaban J connectivity index is 1.20. The second kappa shape index (κ2) is 9.93. The lowest BCUT2D eigenvalue weighted by Crippen LogP contribution is -2.15. The van der Waals surface area contributed by atoms with Crippen molar-refractivity contribution in [3.63, 3.8) is 0 Å². The third kappa shape index (κ3) is 3.93. The number of nitrogens with zero attached hydrogens (tertiary/aromatic N) is 3. The van der Waals surface area contributed by atoms with Crippen molar-refractivity contribution < 1.29 is 4.42 Å². The summed E-state index contributed by atoms with van der Waals surface area (Å²) in [6, 6.07) is 48.9. The van der Waals surface area contributed by atoms with Crippen molar-refractivity contribution in [3.8, 4) is 45.3 Å². The molecule has 0 spiro atoms. The molecular weight excluding hydrogens is 587 g/mol. The molecule has 10 rings (SSSR count). The zero-order chi connectivity index (χ0) is 32.0. The van der Waals surface area contributed by atoms with Crippen molar-refractivity contribution in [1.29, 1.82) is 0 Å². The smallest absolute Gasteiger partial charge is 0.164 e. The molecule has 1 aliphatic carbocycles. The van der Waals surface area contributed by atoms with Crippen LogP contribution in [0.3, 0.4) is 0 Å². The van der Waals surface area contributed by atoms with Gasteiger partial charge in [0.2, 0.25) is 0 Å². The lowest BCUT2D eigenvalue weighted by atomic mass is 9.82. The van der Waals surface area contributed by atoms with Gasteiger partial charge in [-0.3, -0.25) is 0 Å². The maximum absolute atomic E-state index is 6.42. The van der Waals surface area contributed by atoms with E-state index in [0.29, 0.717) is 17.5 Å². The van der Waals surface area contributed by atoms with Crippen molar-refractivity contribution in [2.75, 3.05) is 0 Å². The van der Waals surface area contributed by atoms with Crippen molar-refractivity contribution in [1.82, 2.24) is 15.0 Å². The molecule has 4 nitrogen and oxygen atoms in total. The van der Waals surface area contributed by atoms with Gasteiger partial charge >= 0.3 is 0 Å². The predicted molar refractivity (Wildman–Crippen MR) is 196 cm³/mol. The molecule has 4 heteroatoms. The van der Waals surface area contributed by atoms with Crippen LogP contribution in [0.2, 0.25) is 0 Å². The Morgan fingerprint density at radius 2 is 1.06 bits per heavy atom. The molecule has 48 heavy (non-hydrogen) atoms. The van der Waals surface area contributed by atoms with Crippen molar-refractivity contribution in [3.05, 3.63) is 151 Å². The molecule has 2 aromatic heterocycles. The summed E-state index contributed by atoms with van der Waals surface area (Å²) in [7, 11) is 0. The molecule has 0 saturated carbocycles. The molecule has 0 amide bonds. The maximum atomic E-state index is 6.42. The van der Waals surface area contributed by atoms with Gasteiger partial charge in [0, 0.05) is 38.3 Å². The highest BCUT2D eigenvalue weighted by Gasteiger charge is 2.35. The van der Waals surface area contributed by atoms with E-state index >= 15 is 0 Å². The number of hydrogen-bond acceptors (Lipinski definition) is 4. The fraction of sp³-hybridized carbons (Fsp3) is 0.0682. The molecule has 0 N–H and O–H groups in total. The van der Waals surface area contributed by atoms with Crippen LogP contribution in [0.1, 0.15) is 25.0 Å². The standard InChI is InChI=1S/C44H29N3O/c1-44(2)35-15-9-8-14-32(35)33-21-18-30(25-36(33)44)43-46-41(28-11-4-3-5-12-28)45-42(47-43)29-20-22-37-34(24-29)40-38(48-37)23-19-27-17-16-26-10-6-7-13-31(26)39(27)40/h3-25H,1-2H3. The Morgan fingerprint density at radius 1 is 0.438 bits per heavy atom. The zero-order valence-electron chi connectivity index (χ0n) is 26.5. The highest BCUT2D eigenvalue weighted by atomic mass is 16.3. The minimum absolute atomic E-state index is 0.125. The van der Waals surface area contributed by atoms with Crippen molar-refractivity contribution in [2.45, 2.75) is 19.3 Å². The first kappa shape index (κ1) is 27.0. The lowest BCUT2D eigenvalue weighted by Gasteiger charge is -2.21. The molecule has 0 bridgehead atoms. The SMILES string of the molecule is CC1(C)c2ccccc2-c2ccc(-c3nc(-c4ccccc4)nc(-c4ccc5oc6ccc7ccc8ccccc8c7c6c5c4)n3)cc21. The third-order valence-corrected chi connectivity index (χ3v) is 10.1. The first-order chi connectivity index (χ1) is 23.5. The molecule has 0 saturated heterocycles. The summed E-state index contributed by atoms with van der Waals surface area (Å²) < 4.78 is 6.42. The zero-order valence-corrected chi connectivity index (χ0v) is 26.5. The second-order valence-corrected chi connectivity index (χ2v) is 13.2. The Bertz CT molecular complexity index is 2760. The number of hydrogen-bond donors (Lipinski definition) is 0. The Kier molecular flexibility index (Phi) is 5.59. The van der Waals surface area contributed by atoms with E-state index in [1.54, 1.807) is 0 Å². The summed E-state index contributed by atoms with van der Waals surface area (Å²) in [5.74, 6) is 1.93. The number of rotatable bonds is 3. The van der Waals surface area contributed by atoms with E-state index in [0.717, 1.165) is 38.6 Å². The lowest BCUT2D eigenvalue weighted by molar-refractivity contribution is 0.660. The molecule has 0 radical (unpaired) electrons. The third-order valence-electron chi connectivity index (χ3n) is 10.1. The molecule has 0 aliphatic heterocycles. The molecular formula is C44H29N3O. The summed E-state index contributed by atoms with van der Waals surface area (Å²) in [6.45, 7) is 4.60. The summed E-state index contributed by atoms with van der Waals surface area (Å²) >= 11 is 0. The maximum Gasteiger partial charge on any atom is 0.164 e. The highest BCUT2D eigenvalue weighted by Crippen LogP contribution is 2.49. The number of fused-ring (bicyclic) bond motifs is 10. The monoisotopic (exact) mass is 615 g/mol. The van der Waals surface area contributed by atoms with Gasteiger partial charge in [-0.1, -0.05) is 123 Å². The quantitative estimate of drug-likeness (QED) is 0.186. The van der Waals surface area contributed by atoms with E-state index < -0.39 is 0 Å². The average Bonchev–Trinajstić information content (AvgIpc) is 3.63. The van der Waals surface area contributed by atoms with Crippen LogP contribution in [0.5, 0.6) is 0 Å². The van der Waals surface area contributed by atoms with Crippen molar-refractivity contribution >= 4 is 43.5 Å². The summed E-state index contributed by atoms with van der Waals surface area (Å²) in [5, 5.41) is 6.96. The molecule has 0 unspecified atom stereocenters. The van der Waals surface area contributed by atoms with Crippen LogP contribution in [0.4, 0.5) is 0 Å². The van der Waals surface area contributed by atoms with E-state index in [9.17, 15) is 0 Å². The summed E-state index contributed by atoms with van der Waals surface area (Å²) in [4.78, 5) is 15.3. The van der Waals surface area contributed by atoms with E-state index in [1.807, 2.05) is 24.3 Å². The van der Waals surface area contributed by atoms with Crippen molar-refractivity contribution in [2.24, 2.45) is 0 Å². The van der Waals surface area contributed by atoms with Crippen LogP contribution in [0.25, 0.3) is 88.8 Å². The minimum Gasteiger partial charge on any atom is -0.456 e. The predicted octanol–water partition coefficient (Wildman–Crippen LogP) is 11.4. The van der Waals surface area contributed by atoms with Crippen LogP contribution in [-0.2, 0) is 5.41 Å². The topological polar surface area (TPSA) is 51.8 Å². The average molecular weight is 616 g/mol. The first-order valence-corrected chi connectivity index (χ1v) is 16.4. The fourth-order valence-electron chi connectivity index (χ4n) is 7.70. The number of furan rings is 1. The van der Waals surface area contributed by atoms with Gasteiger partial charge < -0.3 is 4.42 Å². The minimum atomic E-state index is -0.125. The van der Waals surface area contributed by atoms with Gasteiger partial charge in [0.1, 0.15) is 11.2 Å². The van der Waals surface area contributed by atoms with Crippen LogP contribution in [0, 0.1) is 0 Å². The molecule has 2 heterocycles. The van der Waals surface area contributed by atoms with Gasteiger partial charge in [-0.2, -0.15) is 0 Å². The van der Waals surface area contributed by atoms with Gasteiger partial charge in [-0.25, -0.2) is 15.0 Å². The Labute approximate surface area is 277 Å². The van der Waals surface area contributed by atoms with Crippen LogP contribution in [-0.4, -0.2) is 15.0 Å². The van der Waals surface area contributed by atoms with Gasteiger partial charge in [-0.05, 0) is 68.7 Å². The number of aromatic nitrogens is 3. The molecule has 0 atom stereocenters. The van der Waals surface area contributed by atoms with Crippen LogP contribution < -0.4 is 0 Å². The number of benzene rings is 7. The summed E-state index contributed by atoms with van der Waals surface area (Å²) in [5.41, 5.74) is 9.62. The Morgan fingerprint density at radius 3 is 1.92 bits per heavy atom. The van der Waals surface area contributed by atoms with E-state index in [2.05, 4.69) is 129 Å². The van der Waals surface area contributed by atoms with E-state index in [1.165, 1.54) is 43.8 Å². The molecule has 0 fully saturated rings. The summed E-state index contributed by atoms with van der Waals surface area (Å²) in [6.07, 6.45) is 0. The fourth-order valence-corrected chi connectivity index (χ4v) is 7.70. The Hall–Kier alpha value is -6.13. The van der Waals surface area contributed by atoms with Gasteiger partial charge in [0.15, 0.2) is 17.5 Å². The molecule has 7 aromatic carbocycles. The molecule has 1 aliphatic rings. The largest absolute Gasteiger partial charge is 0.456 e.